The third-order valence-corrected chi connectivity index (χ3v) is 5.39. The maximum absolute atomic E-state index is 12.8. The van der Waals surface area contributed by atoms with Gasteiger partial charge in [-0.25, -0.2) is 0 Å². The molecule has 2 atom stereocenters. The van der Waals surface area contributed by atoms with Crippen LogP contribution >= 0.6 is 15.9 Å². The second-order valence-corrected chi connectivity index (χ2v) is 7.01. The zero-order chi connectivity index (χ0) is 15.0. The molecule has 2 aliphatic rings. The van der Waals surface area contributed by atoms with Crippen LogP contribution in [0.4, 0.5) is 0 Å². The van der Waals surface area contributed by atoms with Crippen molar-refractivity contribution >= 4 is 27.6 Å². The van der Waals surface area contributed by atoms with Gasteiger partial charge in [-0.15, -0.1) is 0 Å². The van der Waals surface area contributed by atoms with E-state index in [1.165, 1.54) is 0 Å². The monoisotopic (exact) mass is 349 g/mol. The minimum Gasteiger partial charge on any atom is -0.335 e. The maximum atomic E-state index is 12.8. The van der Waals surface area contributed by atoms with E-state index in [1.54, 1.807) is 0 Å². The lowest BCUT2D eigenvalue weighted by Gasteiger charge is -2.29. The molecule has 1 saturated heterocycles. The van der Waals surface area contributed by atoms with Gasteiger partial charge in [-0.2, -0.15) is 0 Å². The van der Waals surface area contributed by atoms with Crippen LogP contribution in [0.25, 0.3) is 0 Å². The van der Waals surface area contributed by atoms with E-state index in [4.69, 9.17) is 0 Å². The Morgan fingerprint density at radius 3 is 2.76 bits per heavy atom. The van der Waals surface area contributed by atoms with E-state index in [-0.39, 0.29) is 17.9 Å². The van der Waals surface area contributed by atoms with Gasteiger partial charge in [-0.1, -0.05) is 6.07 Å². The quantitative estimate of drug-likeness (QED) is 0.815. The average Bonchev–Trinajstić information content (AvgIpc) is 3.06. The summed E-state index contributed by atoms with van der Waals surface area (Å²) >= 11 is 3.50. The van der Waals surface area contributed by atoms with Crippen molar-refractivity contribution in [3.8, 4) is 0 Å². The van der Waals surface area contributed by atoms with Crippen molar-refractivity contribution in [1.29, 1.82) is 0 Å². The Morgan fingerprint density at radius 2 is 2.10 bits per heavy atom. The first kappa shape index (κ1) is 14.8. The van der Waals surface area contributed by atoms with Crippen molar-refractivity contribution in [2.75, 3.05) is 6.54 Å². The fraction of sp³-hybridized carbons (Fsp3) is 0.529. The van der Waals surface area contributed by atoms with E-state index in [0.717, 1.165) is 42.3 Å². The van der Waals surface area contributed by atoms with Crippen molar-refractivity contribution in [1.82, 2.24) is 4.90 Å². The normalized spacial score (nSPS) is 25.6. The molecular formula is C17H20BrNO2. The molecule has 0 aromatic heterocycles. The number of benzene rings is 1. The fourth-order valence-electron chi connectivity index (χ4n) is 3.66. The zero-order valence-corrected chi connectivity index (χ0v) is 13.9. The SMILES string of the molecule is Cc1ccc(C(=O)N2CCCC2C2CCCC2=O)c(Br)c1. The van der Waals surface area contributed by atoms with Crippen molar-refractivity contribution < 1.29 is 9.59 Å². The third kappa shape index (κ3) is 2.78. The molecular weight excluding hydrogens is 330 g/mol. The van der Waals surface area contributed by atoms with Crippen molar-refractivity contribution in [2.24, 2.45) is 5.92 Å². The summed E-state index contributed by atoms with van der Waals surface area (Å²) in [5, 5.41) is 0. The van der Waals surface area contributed by atoms with Crippen molar-refractivity contribution in [2.45, 2.75) is 45.1 Å². The predicted molar refractivity (Wildman–Crippen MR) is 85.3 cm³/mol. The van der Waals surface area contributed by atoms with Gasteiger partial charge in [0.05, 0.1) is 5.56 Å². The smallest absolute Gasteiger partial charge is 0.255 e. The lowest BCUT2D eigenvalue weighted by molar-refractivity contribution is -0.121. The van der Waals surface area contributed by atoms with Crippen LogP contribution in [0.5, 0.6) is 0 Å². The summed E-state index contributed by atoms with van der Waals surface area (Å²) in [6, 6.07) is 5.93. The number of Topliss-reactive ketones (excluding diaryl/α,β-unsaturated/α-hetero) is 1. The lowest BCUT2D eigenvalue weighted by atomic mass is 9.94. The highest BCUT2D eigenvalue weighted by atomic mass is 79.9. The van der Waals surface area contributed by atoms with Gasteiger partial charge in [0.25, 0.3) is 5.91 Å². The number of likely N-dealkylation sites (tertiary alicyclic amines) is 1. The molecule has 21 heavy (non-hydrogen) atoms. The van der Waals surface area contributed by atoms with Gasteiger partial charge in [0.2, 0.25) is 0 Å². The van der Waals surface area contributed by atoms with E-state index in [9.17, 15) is 9.59 Å². The highest BCUT2D eigenvalue weighted by Gasteiger charge is 2.40. The van der Waals surface area contributed by atoms with Crippen LogP contribution in [0.3, 0.4) is 0 Å². The number of halogens is 1. The number of aryl methyl sites for hydroxylation is 1. The number of nitrogens with zero attached hydrogens (tertiary/aromatic N) is 1. The average molecular weight is 350 g/mol. The van der Waals surface area contributed by atoms with Gasteiger partial charge < -0.3 is 4.90 Å². The Bertz CT molecular complexity index is 584. The first-order valence-electron chi connectivity index (χ1n) is 7.68. The molecule has 1 heterocycles. The van der Waals surface area contributed by atoms with Crippen molar-refractivity contribution in [3.63, 3.8) is 0 Å². The molecule has 2 unspecified atom stereocenters. The fourth-order valence-corrected chi connectivity index (χ4v) is 4.32. The minimum atomic E-state index is 0.0593. The second kappa shape index (κ2) is 5.91. The summed E-state index contributed by atoms with van der Waals surface area (Å²) in [4.78, 5) is 26.8. The number of ketones is 1. The van der Waals surface area contributed by atoms with Crippen LogP contribution in [0.2, 0.25) is 0 Å². The molecule has 4 heteroatoms. The summed E-state index contributed by atoms with van der Waals surface area (Å²) in [5.74, 6) is 0.479. The molecule has 1 aliphatic carbocycles. The van der Waals surface area contributed by atoms with Crippen molar-refractivity contribution in [3.05, 3.63) is 33.8 Å². The number of carbonyl (C=O) groups excluding carboxylic acids is 2. The first-order chi connectivity index (χ1) is 10.1. The summed E-state index contributed by atoms with van der Waals surface area (Å²) < 4.78 is 0.843. The summed E-state index contributed by atoms with van der Waals surface area (Å²) in [7, 11) is 0. The predicted octanol–water partition coefficient (Wildman–Crippen LogP) is 3.73. The third-order valence-electron chi connectivity index (χ3n) is 4.73. The highest BCUT2D eigenvalue weighted by molar-refractivity contribution is 9.10. The van der Waals surface area contributed by atoms with Gasteiger partial charge in [0.1, 0.15) is 5.78 Å². The van der Waals surface area contributed by atoms with E-state index in [1.807, 2.05) is 30.0 Å². The molecule has 2 fully saturated rings. The molecule has 1 aromatic rings. The number of amides is 1. The van der Waals surface area contributed by atoms with Gasteiger partial charge in [-0.05, 0) is 66.2 Å². The molecule has 0 bridgehead atoms. The van der Waals surface area contributed by atoms with E-state index >= 15 is 0 Å². The zero-order valence-electron chi connectivity index (χ0n) is 12.3. The summed E-state index contributed by atoms with van der Waals surface area (Å²) in [6.07, 6.45) is 4.59. The summed E-state index contributed by atoms with van der Waals surface area (Å²) in [6.45, 7) is 2.78. The Kier molecular flexibility index (Phi) is 4.16. The minimum absolute atomic E-state index is 0.0593. The molecule has 1 amide bonds. The van der Waals surface area contributed by atoms with Crippen LogP contribution in [0.1, 0.15) is 48.0 Å². The molecule has 1 aliphatic heterocycles. The number of carbonyl (C=O) groups is 2. The van der Waals surface area contributed by atoms with Crippen LogP contribution in [0.15, 0.2) is 22.7 Å². The van der Waals surface area contributed by atoms with Crippen LogP contribution in [-0.2, 0) is 4.79 Å². The number of hydrogen-bond donors (Lipinski definition) is 0. The van der Waals surface area contributed by atoms with Gasteiger partial charge in [0.15, 0.2) is 0 Å². The lowest BCUT2D eigenvalue weighted by Crippen LogP contribution is -2.41. The van der Waals surface area contributed by atoms with Crippen LogP contribution < -0.4 is 0 Å². The van der Waals surface area contributed by atoms with E-state index in [2.05, 4.69) is 15.9 Å². The first-order valence-corrected chi connectivity index (χ1v) is 8.47. The molecule has 1 aromatic carbocycles. The Hall–Kier alpha value is -1.16. The van der Waals surface area contributed by atoms with Crippen LogP contribution in [-0.4, -0.2) is 29.2 Å². The van der Waals surface area contributed by atoms with Gasteiger partial charge >= 0.3 is 0 Å². The molecule has 0 N–H and O–H groups in total. The molecule has 0 spiro atoms. The number of rotatable bonds is 2. The molecule has 3 rings (SSSR count). The molecule has 0 radical (unpaired) electrons. The highest BCUT2D eigenvalue weighted by Crippen LogP contribution is 2.34. The largest absolute Gasteiger partial charge is 0.335 e. The summed E-state index contributed by atoms with van der Waals surface area (Å²) in [5.41, 5.74) is 1.83. The Morgan fingerprint density at radius 1 is 1.29 bits per heavy atom. The number of hydrogen-bond acceptors (Lipinski definition) is 2. The maximum Gasteiger partial charge on any atom is 0.255 e. The van der Waals surface area contributed by atoms with Crippen LogP contribution in [0, 0.1) is 12.8 Å². The second-order valence-electron chi connectivity index (χ2n) is 6.16. The van der Waals surface area contributed by atoms with E-state index in [0.29, 0.717) is 17.8 Å². The van der Waals surface area contributed by atoms with E-state index < -0.39 is 0 Å². The topological polar surface area (TPSA) is 37.4 Å². The molecule has 3 nitrogen and oxygen atoms in total. The Labute approximate surface area is 133 Å². The molecule has 1 saturated carbocycles. The van der Waals surface area contributed by atoms with Gasteiger partial charge in [0, 0.05) is 29.4 Å². The molecule has 112 valence electrons. The Balaban J connectivity index is 1.84. The standard InChI is InChI=1S/C17H20BrNO2/c1-11-7-8-12(14(18)10-11)17(21)19-9-3-5-15(19)13-4-2-6-16(13)20/h7-8,10,13,15H,2-6,9H2,1H3. The van der Waals surface area contributed by atoms with Gasteiger partial charge in [-0.3, -0.25) is 9.59 Å².